The third kappa shape index (κ3) is 3.92. The highest BCUT2D eigenvalue weighted by atomic mass is 32.1. The van der Waals surface area contributed by atoms with Crippen molar-refractivity contribution < 1.29 is 19.5 Å². The van der Waals surface area contributed by atoms with Crippen LogP contribution in [0.5, 0.6) is 5.75 Å². The van der Waals surface area contributed by atoms with Gasteiger partial charge in [-0.2, -0.15) is 0 Å². The van der Waals surface area contributed by atoms with Crippen molar-refractivity contribution in [3.8, 4) is 16.2 Å². The van der Waals surface area contributed by atoms with Crippen molar-refractivity contribution in [2.45, 2.75) is 38.0 Å². The molecular weight excluding hydrogens is 350 g/mol. The van der Waals surface area contributed by atoms with E-state index < -0.39 is 5.41 Å². The van der Waals surface area contributed by atoms with Gasteiger partial charge in [0.2, 0.25) is 0 Å². The van der Waals surface area contributed by atoms with E-state index in [0.29, 0.717) is 26.1 Å². The summed E-state index contributed by atoms with van der Waals surface area (Å²) in [6, 6.07) is 12.1. The van der Waals surface area contributed by atoms with E-state index in [0.717, 1.165) is 40.5 Å². The second-order valence-electron chi connectivity index (χ2n) is 6.53. The van der Waals surface area contributed by atoms with Gasteiger partial charge in [-0.3, -0.25) is 10.0 Å². The van der Waals surface area contributed by atoms with E-state index in [-0.39, 0.29) is 5.91 Å². The molecule has 0 saturated carbocycles. The summed E-state index contributed by atoms with van der Waals surface area (Å²) in [7, 11) is 0. The molecule has 0 atom stereocenters. The third-order valence-electron chi connectivity index (χ3n) is 4.87. The van der Waals surface area contributed by atoms with Crippen molar-refractivity contribution in [3.05, 3.63) is 41.3 Å². The molecule has 1 amide bonds. The summed E-state index contributed by atoms with van der Waals surface area (Å²) in [6.45, 7) is 3.91. The highest BCUT2D eigenvalue weighted by Crippen LogP contribution is 2.41. The molecule has 6 heteroatoms. The number of hydroxylamine groups is 1. The summed E-state index contributed by atoms with van der Waals surface area (Å²) in [5.74, 6) is 0.522. The van der Waals surface area contributed by atoms with Crippen LogP contribution in [0.15, 0.2) is 36.4 Å². The van der Waals surface area contributed by atoms with Gasteiger partial charge in [-0.15, -0.1) is 11.3 Å². The zero-order chi connectivity index (χ0) is 18.4. The molecule has 5 nitrogen and oxygen atoms in total. The molecule has 2 aromatic rings. The van der Waals surface area contributed by atoms with Gasteiger partial charge >= 0.3 is 0 Å². The molecule has 0 unspecified atom stereocenters. The minimum absolute atomic E-state index is 0.353. The SMILES string of the molecule is CCCCOc1ccc(-c2ccc(C3(C(=O)NO)CCOCC3)s2)cc1. The Morgan fingerprint density at radius 1 is 1.23 bits per heavy atom. The Balaban J connectivity index is 1.79. The molecule has 0 spiro atoms. The maximum atomic E-state index is 12.4. The number of rotatable bonds is 7. The van der Waals surface area contributed by atoms with Crippen LogP contribution in [0.2, 0.25) is 0 Å². The van der Waals surface area contributed by atoms with Crippen LogP contribution in [-0.2, 0) is 14.9 Å². The number of hydrogen-bond acceptors (Lipinski definition) is 5. The molecular formula is C20H25NO4S. The number of thiophene rings is 1. The summed E-state index contributed by atoms with van der Waals surface area (Å²) >= 11 is 1.59. The van der Waals surface area contributed by atoms with Crippen LogP contribution in [0, 0.1) is 0 Å². The standard InChI is InChI=1S/C20H25NO4S/c1-2-3-12-25-16-6-4-15(5-7-16)17-8-9-18(26-17)20(19(22)21-23)10-13-24-14-11-20/h4-9,23H,2-3,10-14H2,1H3,(H,21,22). The van der Waals surface area contributed by atoms with E-state index in [4.69, 9.17) is 9.47 Å². The Morgan fingerprint density at radius 2 is 1.96 bits per heavy atom. The lowest BCUT2D eigenvalue weighted by molar-refractivity contribution is -0.138. The summed E-state index contributed by atoms with van der Waals surface area (Å²) in [6.07, 6.45) is 3.31. The van der Waals surface area contributed by atoms with Gasteiger partial charge in [0.05, 0.1) is 12.0 Å². The molecule has 140 valence electrons. The number of carbonyl (C=O) groups excluding carboxylic acids is 1. The Labute approximate surface area is 157 Å². The first-order valence-corrected chi connectivity index (χ1v) is 9.87. The van der Waals surface area contributed by atoms with E-state index in [1.54, 1.807) is 11.3 Å². The first-order valence-electron chi connectivity index (χ1n) is 9.05. The van der Waals surface area contributed by atoms with E-state index >= 15 is 0 Å². The lowest BCUT2D eigenvalue weighted by Crippen LogP contribution is -2.46. The largest absolute Gasteiger partial charge is 0.494 e. The lowest BCUT2D eigenvalue weighted by Gasteiger charge is -2.34. The van der Waals surface area contributed by atoms with Gasteiger partial charge in [0.1, 0.15) is 5.75 Å². The van der Waals surface area contributed by atoms with Gasteiger partial charge in [-0.05, 0) is 61.2 Å². The van der Waals surface area contributed by atoms with E-state index in [1.165, 1.54) is 0 Å². The molecule has 1 aliphatic rings. The number of nitrogens with one attached hydrogen (secondary N) is 1. The van der Waals surface area contributed by atoms with Gasteiger partial charge in [0, 0.05) is 23.0 Å². The van der Waals surface area contributed by atoms with Crippen molar-refractivity contribution in [1.29, 1.82) is 0 Å². The van der Waals surface area contributed by atoms with Gasteiger partial charge in [0.15, 0.2) is 0 Å². The second-order valence-corrected chi connectivity index (χ2v) is 7.61. The number of hydrogen-bond donors (Lipinski definition) is 2. The predicted octanol–water partition coefficient (Wildman–Crippen LogP) is 4.15. The molecule has 1 saturated heterocycles. The zero-order valence-corrected chi connectivity index (χ0v) is 15.8. The quantitative estimate of drug-likeness (QED) is 0.433. The van der Waals surface area contributed by atoms with E-state index in [2.05, 4.69) is 6.92 Å². The van der Waals surface area contributed by atoms with Crippen molar-refractivity contribution in [2.75, 3.05) is 19.8 Å². The average Bonchev–Trinajstić information content (AvgIpc) is 3.19. The number of benzene rings is 1. The van der Waals surface area contributed by atoms with Crippen LogP contribution in [0.4, 0.5) is 0 Å². The third-order valence-corrected chi connectivity index (χ3v) is 6.20. The number of unbranched alkanes of at least 4 members (excludes halogenated alkanes) is 1. The van der Waals surface area contributed by atoms with Gasteiger partial charge in [0.25, 0.3) is 5.91 Å². The number of carbonyl (C=O) groups is 1. The summed E-state index contributed by atoms with van der Waals surface area (Å²) in [5.41, 5.74) is 2.23. The van der Waals surface area contributed by atoms with Crippen molar-refractivity contribution in [3.63, 3.8) is 0 Å². The molecule has 1 aliphatic heterocycles. The summed E-state index contributed by atoms with van der Waals surface area (Å²) in [5, 5.41) is 9.21. The Hall–Kier alpha value is -1.89. The normalized spacial score (nSPS) is 16.2. The molecule has 26 heavy (non-hydrogen) atoms. The minimum Gasteiger partial charge on any atom is -0.494 e. The molecule has 0 radical (unpaired) electrons. The molecule has 1 fully saturated rings. The van der Waals surface area contributed by atoms with Crippen molar-refractivity contribution >= 4 is 17.2 Å². The molecule has 3 rings (SSSR count). The highest BCUT2D eigenvalue weighted by Gasteiger charge is 2.43. The fourth-order valence-corrected chi connectivity index (χ4v) is 4.47. The molecule has 0 aliphatic carbocycles. The maximum Gasteiger partial charge on any atom is 0.254 e. The van der Waals surface area contributed by atoms with Crippen LogP contribution in [0.1, 0.15) is 37.5 Å². The Bertz CT molecular complexity index is 720. The van der Waals surface area contributed by atoms with Crippen LogP contribution in [0.3, 0.4) is 0 Å². The van der Waals surface area contributed by atoms with Gasteiger partial charge in [-0.1, -0.05) is 13.3 Å². The Morgan fingerprint density at radius 3 is 2.62 bits per heavy atom. The monoisotopic (exact) mass is 375 g/mol. The predicted molar refractivity (Wildman–Crippen MR) is 102 cm³/mol. The fourth-order valence-electron chi connectivity index (χ4n) is 3.21. The molecule has 1 aromatic heterocycles. The summed E-state index contributed by atoms with van der Waals surface area (Å²) < 4.78 is 11.1. The van der Waals surface area contributed by atoms with Crippen molar-refractivity contribution in [1.82, 2.24) is 5.48 Å². The average molecular weight is 375 g/mol. The maximum absolute atomic E-state index is 12.4. The fraction of sp³-hybridized carbons (Fsp3) is 0.450. The van der Waals surface area contributed by atoms with E-state index in [9.17, 15) is 10.0 Å². The van der Waals surface area contributed by atoms with Crippen LogP contribution < -0.4 is 10.2 Å². The van der Waals surface area contributed by atoms with Crippen LogP contribution >= 0.6 is 11.3 Å². The van der Waals surface area contributed by atoms with Crippen LogP contribution in [0.25, 0.3) is 10.4 Å². The molecule has 2 N–H and O–H groups in total. The molecule has 0 bridgehead atoms. The zero-order valence-electron chi connectivity index (χ0n) is 15.0. The highest BCUT2D eigenvalue weighted by molar-refractivity contribution is 7.15. The van der Waals surface area contributed by atoms with Gasteiger partial charge in [-0.25, -0.2) is 5.48 Å². The minimum atomic E-state index is -0.709. The lowest BCUT2D eigenvalue weighted by atomic mass is 9.78. The molecule has 1 aromatic carbocycles. The van der Waals surface area contributed by atoms with Crippen molar-refractivity contribution in [2.24, 2.45) is 0 Å². The number of ether oxygens (including phenoxy) is 2. The first kappa shape index (κ1) is 18.9. The Kier molecular flexibility index (Phi) is 6.29. The first-order chi connectivity index (χ1) is 12.7. The van der Waals surface area contributed by atoms with Gasteiger partial charge < -0.3 is 9.47 Å². The topological polar surface area (TPSA) is 67.8 Å². The number of amides is 1. The summed E-state index contributed by atoms with van der Waals surface area (Å²) in [4.78, 5) is 14.4. The second kappa shape index (κ2) is 8.66. The van der Waals surface area contributed by atoms with E-state index in [1.807, 2.05) is 41.9 Å². The van der Waals surface area contributed by atoms with Crippen LogP contribution in [-0.4, -0.2) is 30.9 Å². The molecule has 2 heterocycles. The smallest absolute Gasteiger partial charge is 0.254 e.